The van der Waals surface area contributed by atoms with Crippen LogP contribution < -0.4 is 0 Å². The van der Waals surface area contributed by atoms with E-state index in [1.165, 1.54) is 0 Å². The van der Waals surface area contributed by atoms with E-state index in [2.05, 4.69) is 11.6 Å². The Morgan fingerprint density at radius 3 is 2.64 bits per heavy atom. The monoisotopic (exact) mass is 218 g/mol. The highest BCUT2D eigenvalue weighted by Crippen LogP contribution is 2.22. The van der Waals surface area contributed by atoms with Gasteiger partial charge in [0.25, 0.3) is 0 Å². The van der Waals surface area contributed by atoms with Crippen molar-refractivity contribution in [1.82, 2.24) is 0 Å². The molecule has 0 aliphatic heterocycles. The van der Waals surface area contributed by atoms with Crippen molar-refractivity contribution in [3.63, 3.8) is 0 Å². The molecule has 1 rings (SSSR count). The highest BCUT2D eigenvalue weighted by molar-refractivity contribution is 6.32. The van der Waals surface area contributed by atoms with Crippen LogP contribution in [0.3, 0.4) is 0 Å². The molecule has 0 saturated heterocycles. The minimum atomic E-state index is -3.76. The molecule has 14 heavy (non-hydrogen) atoms. The number of Topliss-reactive ketones (excluding diaryl/α,β-unsaturated/α-hetero) is 1. The maximum atomic E-state index is 12.3. The van der Waals surface area contributed by atoms with Crippen LogP contribution in [0.2, 0.25) is 0 Å². The maximum Gasteiger partial charge on any atom is 0.380 e. The van der Waals surface area contributed by atoms with Crippen molar-refractivity contribution < 1.29 is 13.6 Å². The second-order valence-electron chi connectivity index (χ2n) is 3.09. The van der Waals surface area contributed by atoms with Crippen molar-refractivity contribution in [3.8, 4) is 0 Å². The average Bonchev–Trinajstić information content (AvgIpc) is 2.02. The topological polar surface area (TPSA) is 17.1 Å². The highest BCUT2D eigenvalue weighted by atomic mass is 35.5. The number of carbonyl (C=O) groups is 1. The average molecular weight is 219 g/mol. The predicted octanol–water partition coefficient (Wildman–Crippen LogP) is 2.94. The van der Waals surface area contributed by atoms with Crippen LogP contribution in [0.15, 0.2) is 24.3 Å². The number of benzene rings is 1. The Kier molecular flexibility index (Phi) is 3.21. The molecule has 0 radical (unpaired) electrons. The van der Waals surface area contributed by atoms with Gasteiger partial charge in [-0.1, -0.05) is 29.8 Å². The molecule has 4 heteroatoms. The van der Waals surface area contributed by atoms with Crippen LogP contribution in [0.5, 0.6) is 0 Å². The lowest BCUT2D eigenvalue weighted by atomic mass is 10.1. The number of carbonyl (C=O) groups excluding carboxylic acids is 1. The fourth-order valence-corrected chi connectivity index (χ4v) is 1.17. The molecule has 1 aromatic carbocycles. The van der Waals surface area contributed by atoms with Crippen LogP contribution in [0.1, 0.15) is 11.1 Å². The summed E-state index contributed by atoms with van der Waals surface area (Å²) in [6.45, 7) is 1.83. The van der Waals surface area contributed by atoms with Crippen LogP contribution in [0, 0.1) is 6.92 Å². The molecule has 0 atom stereocenters. The van der Waals surface area contributed by atoms with Crippen LogP contribution >= 0.6 is 11.6 Å². The van der Waals surface area contributed by atoms with E-state index in [-0.39, 0.29) is 6.42 Å². The second kappa shape index (κ2) is 4.05. The van der Waals surface area contributed by atoms with E-state index in [4.69, 9.17) is 0 Å². The Morgan fingerprint density at radius 1 is 1.50 bits per heavy atom. The minimum Gasteiger partial charge on any atom is -0.291 e. The molecule has 0 heterocycles. The smallest absolute Gasteiger partial charge is 0.291 e. The quantitative estimate of drug-likeness (QED) is 0.713. The molecule has 0 fully saturated rings. The number of aryl methyl sites for hydroxylation is 1. The third kappa shape index (κ3) is 3.07. The van der Waals surface area contributed by atoms with E-state index in [0.717, 1.165) is 5.56 Å². The van der Waals surface area contributed by atoms with E-state index >= 15 is 0 Å². The number of halogens is 3. The van der Waals surface area contributed by atoms with Gasteiger partial charge in [0, 0.05) is 6.42 Å². The molecule has 1 aromatic rings. The zero-order valence-electron chi connectivity index (χ0n) is 7.56. The summed E-state index contributed by atoms with van der Waals surface area (Å²) < 4.78 is 24.6. The van der Waals surface area contributed by atoms with Gasteiger partial charge in [-0.15, -0.1) is 0 Å². The van der Waals surface area contributed by atoms with Gasteiger partial charge in [0.1, 0.15) is 0 Å². The van der Waals surface area contributed by atoms with Crippen LogP contribution in [0.4, 0.5) is 8.78 Å². The summed E-state index contributed by atoms with van der Waals surface area (Å²) in [7, 11) is 0. The van der Waals surface area contributed by atoms with E-state index in [1.807, 2.05) is 13.0 Å². The number of ketones is 1. The van der Waals surface area contributed by atoms with Gasteiger partial charge in [0.05, 0.1) is 0 Å². The van der Waals surface area contributed by atoms with Gasteiger partial charge in [0.2, 0.25) is 5.78 Å². The van der Waals surface area contributed by atoms with Crippen LogP contribution in [-0.2, 0) is 11.2 Å². The first-order valence-corrected chi connectivity index (χ1v) is 4.43. The van der Waals surface area contributed by atoms with Crippen molar-refractivity contribution in [2.75, 3.05) is 0 Å². The summed E-state index contributed by atoms with van der Waals surface area (Å²) in [4.78, 5) is 10.9. The van der Waals surface area contributed by atoms with Gasteiger partial charge in [0.15, 0.2) is 0 Å². The number of rotatable bonds is 3. The fraction of sp³-hybridized carbons (Fsp3) is 0.300. The SMILES string of the molecule is Cc1cccc(CC(=O)C(F)(F)Cl)c1. The van der Waals surface area contributed by atoms with Crippen LogP contribution in [-0.4, -0.2) is 11.2 Å². The summed E-state index contributed by atoms with van der Waals surface area (Å²) in [6.07, 6.45) is -0.335. The number of alkyl halides is 3. The summed E-state index contributed by atoms with van der Waals surface area (Å²) in [6, 6.07) is 6.84. The summed E-state index contributed by atoms with van der Waals surface area (Å²) in [5.41, 5.74) is 1.48. The third-order valence-corrected chi connectivity index (χ3v) is 1.97. The Labute approximate surface area is 85.7 Å². The molecule has 0 spiro atoms. The molecular formula is C10H9ClF2O. The minimum absolute atomic E-state index is 0.335. The second-order valence-corrected chi connectivity index (χ2v) is 3.56. The molecule has 0 amide bonds. The highest BCUT2D eigenvalue weighted by Gasteiger charge is 2.34. The first-order chi connectivity index (χ1) is 6.39. The zero-order chi connectivity index (χ0) is 10.8. The Morgan fingerprint density at radius 2 is 2.14 bits per heavy atom. The maximum absolute atomic E-state index is 12.3. The van der Waals surface area contributed by atoms with Gasteiger partial charge in [-0.2, -0.15) is 8.78 Å². The Hall–Kier alpha value is -0.960. The molecule has 0 N–H and O–H groups in total. The van der Waals surface area contributed by atoms with E-state index in [0.29, 0.717) is 5.56 Å². The lowest BCUT2D eigenvalue weighted by molar-refractivity contribution is -0.132. The Bertz CT molecular complexity index is 344. The first kappa shape index (κ1) is 11.1. The predicted molar refractivity (Wildman–Crippen MR) is 50.7 cm³/mol. The number of hydrogen-bond donors (Lipinski definition) is 0. The van der Waals surface area contributed by atoms with Crippen LogP contribution in [0.25, 0.3) is 0 Å². The molecule has 1 nitrogen and oxygen atoms in total. The lowest BCUT2D eigenvalue weighted by Crippen LogP contribution is -2.23. The molecular weight excluding hydrogens is 210 g/mol. The van der Waals surface area contributed by atoms with Gasteiger partial charge in [-0.05, 0) is 24.1 Å². The van der Waals surface area contributed by atoms with Crippen molar-refractivity contribution in [2.45, 2.75) is 18.7 Å². The molecule has 0 saturated carbocycles. The van der Waals surface area contributed by atoms with Crippen molar-refractivity contribution in [2.24, 2.45) is 0 Å². The summed E-state index contributed by atoms with van der Waals surface area (Å²) in [5, 5.41) is -3.76. The normalized spacial score (nSPS) is 11.4. The zero-order valence-corrected chi connectivity index (χ0v) is 8.31. The standard InChI is InChI=1S/C10H9ClF2O/c1-7-3-2-4-8(5-7)6-9(14)10(11,12)13/h2-5H,6H2,1H3. The van der Waals surface area contributed by atoms with E-state index in [1.54, 1.807) is 18.2 Å². The van der Waals surface area contributed by atoms with E-state index in [9.17, 15) is 13.6 Å². The first-order valence-electron chi connectivity index (χ1n) is 4.05. The van der Waals surface area contributed by atoms with Gasteiger partial charge in [-0.25, -0.2) is 0 Å². The van der Waals surface area contributed by atoms with Crippen molar-refractivity contribution in [3.05, 3.63) is 35.4 Å². The van der Waals surface area contributed by atoms with E-state index < -0.39 is 11.2 Å². The van der Waals surface area contributed by atoms with Gasteiger partial charge in [-0.3, -0.25) is 4.79 Å². The lowest BCUT2D eigenvalue weighted by Gasteiger charge is -2.06. The van der Waals surface area contributed by atoms with Crippen molar-refractivity contribution in [1.29, 1.82) is 0 Å². The molecule has 0 aromatic heterocycles. The summed E-state index contributed by atoms with van der Waals surface area (Å²) >= 11 is 4.59. The molecule has 0 bridgehead atoms. The largest absolute Gasteiger partial charge is 0.380 e. The van der Waals surface area contributed by atoms with Crippen molar-refractivity contribution >= 4 is 17.4 Å². The number of hydrogen-bond acceptors (Lipinski definition) is 1. The molecule has 0 unspecified atom stereocenters. The third-order valence-electron chi connectivity index (χ3n) is 1.76. The molecule has 76 valence electrons. The van der Waals surface area contributed by atoms with Gasteiger partial charge < -0.3 is 0 Å². The Balaban J connectivity index is 2.75. The van der Waals surface area contributed by atoms with Gasteiger partial charge >= 0.3 is 5.38 Å². The molecule has 0 aliphatic rings. The summed E-state index contributed by atoms with van der Waals surface area (Å²) in [5.74, 6) is -1.27. The fourth-order valence-electron chi connectivity index (χ4n) is 1.11. The molecule has 0 aliphatic carbocycles.